The smallest absolute Gasteiger partial charge is 0.267 e. The van der Waals surface area contributed by atoms with Gasteiger partial charge >= 0.3 is 0 Å². The Balaban J connectivity index is 1.61. The van der Waals surface area contributed by atoms with Crippen LogP contribution in [-0.2, 0) is 9.53 Å². The SMILES string of the molecule is CC(C)(C)C(=O)Nc1ccc(-n2cccc(C(=O)NCCCN3CCOCC3)c2=O)cc1. The van der Waals surface area contributed by atoms with Gasteiger partial charge in [0.1, 0.15) is 5.56 Å². The van der Waals surface area contributed by atoms with Crippen LogP contribution in [0.1, 0.15) is 37.6 Å². The number of carbonyl (C=O) groups is 2. The zero-order valence-electron chi connectivity index (χ0n) is 19.0. The molecule has 0 spiro atoms. The third kappa shape index (κ3) is 6.27. The van der Waals surface area contributed by atoms with Crippen LogP contribution in [0, 0.1) is 5.41 Å². The van der Waals surface area contributed by atoms with E-state index in [1.165, 1.54) is 10.6 Å². The van der Waals surface area contributed by atoms with Gasteiger partial charge in [-0.2, -0.15) is 0 Å². The Morgan fingerprint density at radius 3 is 2.41 bits per heavy atom. The molecule has 0 saturated carbocycles. The van der Waals surface area contributed by atoms with Gasteiger partial charge in [0.15, 0.2) is 0 Å². The molecule has 2 aromatic rings. The molecule has 1 aliphatic heterocycles. The summed E-state index contributed by atoms with van der Waals surface area (Å²) in [5.41, 5.74) is 0.481. The van der Waals surface area contributed by atoms with Crippen molar-refractivity contribution in [1.29, 1.82) is 0 Å². The number of nitrogens with zero attached hydrogens (tertiary/aromatic N) is 2. The molecule has 8 nitrogen and oxygen atoms in total. The lowest BCUT2D eigenvalue weighted by atomic mass is 9.95. The first-order valence-electron chi connectivity index (χ1n) is 11.0. The summed E-state index contributed by atoms with van der Waals surface area (Å²) in [4.78, 5) is 39.9. The number of amides is 2. The van der Waals surface area contributed by atoms with E-state index in [1.54, 1.807) is 36.5 Å². The van der Waals surface area contributed by atoms with Crippen LogP contribution >= 0.6 is 0 Å². The highest BCUT2D eigenvalue weighted by atomic mass is 16.5. The monoisotopic (exact) mass is 440 g/mol. The van der Waals surface area contributed by atoms with Crippen LogP contribution in [-0.4, -0.2) is 60.7 Å². The molecule has 2 amide bonds. The number of rotatable bonds is 7. The summed E-state index contributed by atoms with van der Waals surface area (Å²) in [7, 11) is 0. The maximum absolute atomic E-state index is 12.9. The highest BCUT2D eigenvalue weighted by Gasteiger charge is 2.21. The van der Waals surface area contributed by atoms with Gasteiger partial charge in [-0.05, 0) is 49.4 Å². The fourth-order valence-corrected chi connectivity index (χ4v) is 3.32. The molecule has 0 aliphatic carbocycles. The molecule has 1 fully saturated rings. The van der Waals surface area contributed by atoms with Gasteiger partial charge in [0.25, 0.3) is 11.5 Å². The van der Waals surface area contributed by atoms with Gasteiger partial charge in [-0.25, -0.2) is 0 Å². The van der Waals surface area contributed by atoms with Gasteiger partial charge in [-0.1, -0.05) is 20.8 Å². The maximum Gasteiger partial charge on any atom is 0.267 e. The largest absolute Gasteiger partial charge is 0.379 e. The number of hydrogen-bond acceptors (Lipinski definition) is 5. The number of morpholine rings is 1. The van der Waals surface area contributed by atoms with E-state index >= 15 is 0 Å². The van der Waals surface area contributed by atoms with Crippen molar-refractivity contribution in [2.45, 2.75) is 27.2 Å². The van der Waals surface area contributed by atoms with E-state index in [9.17, 15) is 14.4 Å². The third-order valence-electron chi connectivity index (χ3n) is 5.32. The van der Waals surface area contributed by atoms with Crippen LogP contribution in [0.25, 0.3) is 5.69 Å². The number of nitrogens with one attached hydrogen (secondary N) is 2. The number of pyridine rings is 1. The van der Waals surface area contributed by atoms with E-state index in [0.29, 0.717) is 17.9 Å². The number of benzene rings is 1. The van der Waals surface area contributed by atoms with Crippen molar-refractivity contribution >= 4 is 17.5 Å². The summed E-state index contributed by atoms with van der Waals surface area (Å²) in [6.07, 6.45) is 2.44. The number of hydrogen-bond donors (Lipinski definition) is 2. The fraction of sp³-hybridized carbons (Fsp3) is 0.458. The highest BCUT2D eigenvalue weighted by molar-refractivity contribution is 5.95. The number of anilines is 1. The zero-order valence-corrected chi connectivity index (χ0v) is 19.0. The standard InChI is InChI=1S/C24H32N4O4/c1-24(2,3)23(31)26-18-7-9-19(10-8-18)28-13-4-6-20(22(28)30)21(29)25-11-5-12-27-14-16-32-17-15-27/h4,6-10,13H,5,11-12,14-17H2,1-3H3,(H,25,29)(H,26,31). The van der Waals surface area contributed by atoms with E-state index in [0.717, 1.165) is 39.3 Å². The summed E-state index contributed by atoms with van der Waals surface area (Å²) in [6.45, 7) is 10.2. The second-order valence-electron chi connectivity index (χ2n) is 8.91. The molecular weight excluding hydrogens is 408 g/mol. The van der Waals surface area contributed by atoms with Crippen molar-refractivity contribution in [1.82, 2.24) is 14.8 Å². The van der Waals surface area contributed by atoms with Crippen molar-refractivity contribution in [3.8, 4) is 5.69 Å². The fourth-order valence-electron chi connectivity index (χ4n) is 3.32. The molecule has 0 atom stereocenters. The van der Waals surface area contributed by atoms with Crippen LogP contribution in [0.2, 0.25) is 0 Å². The summed E-state index contributed by atoms with van der Waals surface area (Å²) < 4.78 is 6.76. The predicted molar refractivity (Wildman–Crippen MR) is 124 cm³/mol. The molecule has 32 heavy (non-hydrogen) atoms. The van der Waals surface area contributed by atoms with E-state index in [-0.39, 0.29) is 22.9 Å². The van der Waals surface area contributed by atoms with Crippen LogP contribution in [0.5, 0.6) is 0 Å². The Morgan fingerprint density at radius 2 is 1.75 bits per heavy atom. The van der Waals surface area contributed by atoms with Crippen molar-refractivity contribution in [3.63, 3.8) is 0 Å². The van der Waals surface area contributed by atoms with E-state index in [4.69, 9.17) is 4.74 Å². The molecule has 0 radical (unpaired) electrons. The van der Waals surface area contributed by atoms with Gasteiger partial charge in [-0.15, -0.1) is 0 Å². The van der Waals surface area contributed by atoms with Crippen molar-refractivity contribution < 1.29 is 14.3 Å². The predicted octanol–water partition coefficient (Wildman–Crippen LogP) is 2.27. The Kier molecular flexibility index (Phi) is 7.82. The molecule has 172 valence electrons. The van der Waals surface area contributed by atoms with E-state index in [2.05, 4.69) is 15.5 Å². The molecule has 8 heteroatoms. The minimum Gasteiger partial charge on any atom is -0.379 e. The Hall–Kier alpha value is -2.97. The Morgan fingerprint density at radius 1 is 1.06 bits per heavy atom. The van der Waals surface area contributed by atoms with Crippen molar-refractivity contribution in [2.75, 3.05) is 44.7 Å². The van der Waals surface area contributed by atoms with Gasteiger partial charge in [0.2, 0.25) is 5.91 Å². The summed E-state index contributed by atoms with van der Waals surface area (Å²) in [5.74, 6) is -0.463. The molecule has 1 aromatic heterocycles. The normalized spacial score (nSPS) is 14.7. The molecule has 1 aliphatic rings. The first kappa shape index (κ1) is 23.7. The van der Waals surface area contributed by atoms with Crippen LogP contribution in [0.4, 0.5) is 5.69 Å². The quantitative estimate of drug-likeness (QED) is 0.645. The van der Waals surface area contributed by atoms with Crippen molar-refractivity contribution in [2.24, 2.45) is 5.41 Å². The number of aromatic nitrogens is 1. The van der Waals surface area contributed by atoms with E-state index < -0.39 is 5.41 Å². The zero-order chi connectivity index (χ0) is 23.1. The first-order valence-corrected chi connectivity index (χ1v) is 11.0. The topological polar surface area (TPSA) is 92.7 Å². The van der Waals surface area contributed by atoms with Gasteiger partial charge in [0.05, 0.1) is 13.2 Å². The molecule has 2 N–H and O–H groups in total. The molecule has 1 aromatic carbocycles. The Bertz CT molecular complexity index is 986. The molecule has 1 saturated heterocycles. The molecule has 3 rings (SSSR count). The van der Waals surface area contributed by atoms with E-state index in [1.807, 2.05) is 20.8 Å². The average molecular weight is 441 g/mol. The first-order chi connectivity index (χ1) is 15.3. The third-order valence-corrected chi connectivity index (χ3v) is 5.32. The number of ether oxygens (including phenoxy) is 1. The minimum atomic E-state index is -0.500. The van der Waals surface area contributed by atoms with Crippen LogP contribution in [0.15, 0.2) is 47.4 Å². The maximum atomic E-state index is 12.9. The lowest BCUT2D eigenvalue weighted by Gasteiger charge is -2.26. The molecule has 2 heterocycles. The molecule has 0 unspecified atom stereocenters. The second-order valence-corrected chi connectivity index (χ2v) is 8.91. The van der Waals surface area contributed by atoms with Crippen LogP contribution < -0.4 is 16.2 Å². The van der Waals surface area contributed by atoms with Gasteiger partial charge in [0, 0.05) is 42.6 Å². The summed E-state index contributed by atoms with van der Waals surface area (Å²) in [6, 6.07) is 10.2. The average Bonchev–Trinajstić information content (AvgIpc) is 2.77. The number of carbonyl (C=O) groups excluding carboxylic acids is 2. The second kappa shape index (κ2) is 10.6. The summed E-state index contributed by atoms with van der Waals surface area (Å²) in [5, 5.41) is 5.70. The van der Waals surface area contributed by atoms with Gasteiger partial charge < -0.3 is 15.4 Å². The molecule has 0 bridgehead atoms. The van der Waals surface area contributed by atoms with Crippen LogP contribution in [0.3, 0.4) is 0 Å². The summed E-state index contributed by atoms with van der Waals surface area (Å²) >= 11 is 0. The van der Waals surface area contributed by atoms with Crippen molar-refractivity contribution in [3.05, 3.63) is 58.5 Å². The van der Waals surface area contributed by atoms with Gasteiger partial charge in [-0.3, -0.25) is 23.9 Å². The lowest BCUT2D eigenvalue weighted by Crippen LogP contribution is -2.38. The lowest BCUT2D eigenvalue weighted by molar-refractivity contribution is -0.123. The Labute approximate surface area is 188 Å². The minimum absolute atomic E-state index is 0.0882. The highest BCUT2D eigenvalue weighted by Crippen LogP contribution is 2.18. The molecular formula is C24H32N4O4.